The van der Waals surface area contributed by atoms with E-state index in [4.69, 9.17) is 38.4 Å². The van der Waals surface area contributed by atoms with E-state index in [1.54, 1.807) is 56.4 Å². The van der Waals surface area contributed by atoms with Crippen molar-refractivity contribution in [3.63, 3.8) is 0 Å². The Morgan fingerprint density at radius 2 is 1.81 bits per heavy atom. The molecule has 0 saturated carbocycles. The van der Waals surface area contributed by atoms with Gasteiger partial charge in [-0.2, -0.15) is 28.2 Å². The Bertz CT molecular complexity index is 1810. The van der Waals surface area contributed by atoms with Gasteiger partial charge in [0, 0.05) is 37.5 Å². The highest BCUT2D eigenvalue weighted by atomic mass is 35.5. The van der Waals surface area contributed by atoms with Gasteiger partial charge in [0.15, 0.2) is 0 Å². The van der Waals surface area contributed by atoms with Crippen molar-refractivity contribution in [2.24, 2.45) is 5.41 Å². The summed E-state index contributed by atoms with van der Waals surface area (Å²) in [7, 11) is 0. The van der Waals surface area contributed by atoms with Gasteiger partial charge in [0.1, 0.15) is 11.9 Å². The highest BCUT2D eigenvalue weighted by molar-refractivity contribution is 6.42. The largest absolute Gasteiger partial charge is 0.465 e. The highest BCUT2D eigenvalue weighted by Gasteiger charge is 2.46. The second-order valence-corrected chi connectivity index (χ2v) is 13.0. The zero-order chi connectivity index (χ0) is 34.2. The average Bonchev–Trinajstić information content (AvgIpc) is 3.67. The van der Waals surface area contributed by atoms with Crippen molar-refractivity contribution >= 4 is 40.9 Å². The summed E-state index contributed by atoms with van der Waals surface area (Å²) in [4.78, 5) is 22.5. The van der Waals surface area contributed by atoms with E-state index in [1.807, 2.05) is 4.90 Å². The lowest BCUT2D eigenvalue weighted by Crippen LogP contribution is -2.41. The lowest BCUT2D eigenvalue weighted by molar-refractivity contribution is -0.198. The van der Waals surface area contributed by atoms with Crippen molar-refractivity contribution < 1.29 is 27.4 Å². The van der Waals surface area contributed by atoms with Crippen LogP contribution in [0.3, 0.4) is 0 Å². The maximum atomic E-state index is 14.9. The van der Waals surface area contributed by atoms with Gasteiger partial charge in [0.25, 0.3) is 0 Å². The Hall–Kier alpha value is -4.07. The molecule has 2 aromatic heterocycles. The van der Waals surface area contributed by atoms with Crippen LogP contribution in [0.1, 0.15) is 43.5 Å². The molecule has 15 heteroatoms. The van der Waals surface area contributed by atoms with Gasteiger partial charge >= 0.3 is 12.1 Å². The van der Waals surface area contributed by atoms with Crippen LogP contribution in [0.4, 0.5) is 24.9 Å². The maximum absolute atomic E-state index is 14.9. The van der Waals surface area contributed by atoms with Gasteiger partial charge in [-0.25, -0.2) is 4.68 Å². The number of rotatable bonds is 8. The molecule has 0 radical (unpaired) electrons. The van der Waals surface area contributed by atoms with E-state index in [1.165, 1.54) is 16.8 Å². The number of esters is 1. The highest BCUT2D eigenvalue weighted by Crippen LogP contribution is 2.43. The first kappa shape index (κ1) is 33.8. The van der Waals surface area contributed by atoms with Gasteiger partial charge in [0.2, 0.25) is 17.9 Å². The molecule has 0 amide bonds. The molecule has 2 fully saturated rings. The number of hydrogen-bond acceptors (Lipinski definition) is 9. The van der Waals surface area contributed by atoms with E-state index in [9.17, 15) is 18.0 Å². The molecule has 2 atom stereocenters. The van der Waals surface area contributed by atoms with Crippen LogP contribution < -0.4 is 20.7 Å². The van der Waals surface area contributed by atoms with Crippen molar-refractivity contribution in [2.75, 3.05) is 36.9 Å². The number of aromatic nitrogens is 4. The second kappa shape index (κ2) is 13.4. The first-order valence-electron chi connectivity index (χ1n) is 15.5. The number of carbonyl (C=O) groups is 1. The van der Waals surface area contributed by atoms with Crippen LogP contribution in [0, 0.1) is 12.3 Å². The summed E-state index contributed by atoms with van der Waals surface area (Å²) in [5.41, 5.74) is 7.78. The number of halogens is 5. The van der Waals surface area contributed by atoms with Crippen molar-refractivity contribution in [1.82, 2.24) is 25.1 Å². The quantitative estimate of drug-likeness (QED) is 0.193. The van der Waals surface area contributed by atoms with E-state index in [0.29, 0.717) is 65.3 Å². The predicted octanol–water partition coefficient (Wildman–Crippen LogP) is 6.72. The van der Waals surface area contributed by atoms with Crippen molar-refractivity contribution in [3.8, 4) is 22.7 Å². The third kappa shape index (κ3) is 7.18. The lowest BCUT2D eigenvalue weighted by atomic mass is 9.76. The Kier molecular flexibility index (Phi) is 9.47. The summed E-state index contributed by atoms with van der Waals surface area (Å²) in [5, 5.41) is 8.34. The molecular weight excluding hydrogens is 670 g/mol. The lowest BCUT2D eigenvalue weighted by Gasteiger charge is -2.39. The van der Waals surface area contributed by atoms with Crippen LogP contribution in [0.15, 0.2) is 54.7 Å². The van der Waals surface area contributed by atoms with Crippen LogP contribution in [0.5, 0.6) is 5.88 Å². The molecule has 3 N–H and O–H groups in total. The number of nitrogens with one attached hydrogen (secondary N) is 1. The third-order valence-electron chi connectivity index (χ3n) is 8.86. The molecule has 0 unspecified atom stereocenters. The normalized spacial score (nSPS) is 18.2. The molecule has 2 aliphatic heterocycles. The summed E-state index contributed by atoms with van der Waals surface area (Å²) in [5.74, 6) is -0.428. The first-order chi connectivity index (χ1) is 22.8. The van der Waals surface area contributed by atoms with E-state index >= 15 is 0 Å². The molecule has 4 heterocycles. The molecule has 10 nitrogen and oxygen atoms in total. The molecule has 254 valence electrons. The van der Waals surface area contributed by atoms with Crippen LogP contribution in [-0.2, 0) is 9.53 Å². The fraction of sp³-hybridized carbons (Fsp3) is 0.394. The molecule has 0 bridgehead atoms. The predicted molar refractivity (Wildman–Crippen MR) is 177 cm³/mol. The Morgan fingerprint density at radius 3 is 2.48 bits per heavy atom. The summed E-state index contributed by atoms with van der Waals surface area (Å²) in [6.07, 6.45) is -3.52. The number of hydrogen-bond donors (Lipinski definition) is 2. The minimum Gasteiger partial charge on any atom is -0.465 e. The molecule has 2 aliphatic rings. The Balaban J connectivity index is 1.28. The molecule has 2 saturated heterocycles. The van der Waals surface area contributed by atoms with Crippen LogP contribution in [0.25, 0.3) is 16.8 Å². The zero-order valence-corrected chi connectivity index (χ0v) is 27.7. The second-order valence-electron chi connectivity index (χ2n) is 12.1. The van der Waals surface area contributed by atoms with E-state index in [0.717, 1.165) is 12.8 Å². The van der Waals surface area contributed by atoms with E-state index in [2.05, 4.69) is 20.4 Å². The van der Waals surface area contributed by atoms with Gasteiger partial charge in [-0.05, 0) is 73.9 Å². The molecule has 1 spiro atoms. The fourth-order valence-electron chi connectivity index (χ4n) is 6.37. The minimum atomic E-state index is -4.84. The summed E-state index contributed by atoms with van der Waals surface area (Å²) in [6.45, 7) is 5.65. The van der Waals surface area contributed by atoms with Gasteiger partial charge in [-0.1, -0.05) is 41.4 Å². The number of aryl methyl sites for hydroxylation is 1. The number of alkyl halides is 3. The molecular formula is C33H34Cl2F3N7O3. The Labute approximate surface area is 285 Å². The number of anilines is 2. The number of piperidine rings is 1. The Morgan fingerprint density at radius 1 is 1.08 bits per heavy atom. The van der Waals surface area contributed by atoms with E-state index < -0.39 is 12.3 Å². The number of carbonyl (C=O) groups excluding carboxylic acids is 1. The van der Waals surface area contributed by atoms with Crippen molar-refractivity contribution in [1.29, 1.82) is 0 Å². The standard InChI is InChI=1S/C33H34Cl2F3N7O3/c1-3-47-30(46)25-17-32(18-40-25)9-12-44(13-10-32)27-16-28(42-31(39)41-27)48-29(33(36,37)38)22-6-4-21(20-5-7-23(34)24(35)14-20)15-26(22)45-11-8-19(2)43-45/h4-8,11,14-16,25,29,40H,3,9-10,12-13,17-18H2,1-2H3,(H2,39,41,42)/t25-,29+/m0/s1. The number of benzene rings is 2. The summed E-state index contributed by atoms with van der Waals surface area (Å²) < 4.78 is 56.8. The number of nitrogen functional groups attached to an aromatic ring is 1. The molecule has 48 heavy (non-hydrogen) atoms. The summed E-state index contributed by atoms with van der Waals surface area (Å²) in [6, 6.07) is 12.2. The smallest absolute Gasteiger partial charge is 0.429 e. The minimum absolute atomic E-state index is 0.0853. The third-order valence-corrected chi connectivity index (χ3v) is 9.60. The number of ether oxygens (including phenoxy) is 2. The van der Waals surface area contributed by atoms with Crippen molar-refractivity contribution in [3.05, 3.63) is 76.0 Å². The zero-order valence-electron chi connectivity index (χ0n) is 26.2. The van der Waals surface area contributed by atoms with Crippen LogP contribution in [-0.4, -0.2) is 64.2 Å². The SMILES string of the molecule is CCOC(=O)[C@@H]1CC2(CCN(c3cc(O[C@H](c4ccc(-c5ccc(Cl)c(Cl)c5)cc4-n4ccc(C)n4)C(F)(F)F)nc(N)n3)CC2)CN1. The maximum Gasteiger partial charge on any atom is 0.429 e. The molecule has 0 aliphatic carbocycles. The van der Waals surface area contributed by atoms with Gasteiger partial charge in [-0.3, -0.25) is 4.79 Å². The van der Waals surface area contributed by atoms with Crippen LogP contribution in [0.2, 0.25) is 10.0 Å². The molecule has 4 aromatic rings. The van der Waals surface area contributed by atoms with Crippen molar-refractivity contribution in [2.45, 2.75) is 51.4 Å². The molecule has 2 aromatic carbocycles. The number of nitrogens with two attached hydrogens (primary N) is 1. The van der Waals surface area contributed by atoms with E-state index in [-0.39, 0.29) is 40.5 Å². The first-order valence-corrected chi connectivity index (χ1v) is 16.2. The average molecular weight is 705 g/mol. The fourth-order valence-corrected chi connectivity index (χ4v) is 6.66. The monoisotopic (exact) mass is 703 g/mol. The molecule has 6 rings (SSSR count). The summed E-state index contributed by atoms with van der Waals surface area (Å²) >= 11 is 12.3. The topological polar surface area (TPSA) is 120 Å². The van der Waals surface area contributed by atoms with Gasteiger partial charge in [0.05, 0.1) is 28.0 Å². The number of nitrogens with zero attached hydrogens (tertiary/aromatic N) is 5. The van der Waals surface area contributed by atoms with Crippen LogP contribution >= 0.6 is 23.2 Å². The van der Waals surface area contributed by atoms with Gasteiger partial charge < -0.3 is 25.4 Å². The van der Waals surface area contributed by atoms with Gasteiger partial charge in [-0.15, -0.1) is 0 Å².